The molecule has 118 valence electrons. The van der Waals surface area contributed by atoms with Gasteiger partial charge in [0.05, 0.1) is 6.61 Å². The number of aliphatic carboxylic acids is 1. The maximum absolute atomic E-state index is 11.0. The predicted molar refractivity (Wildman–Crippen MR) is 81.9 cm³/mol. The van der Waals surface area contributed by atoms with Crippen molar-refractivity contribution in [2.45, 2.75) is 52.2 Å². The van der Waals surface area contributed by atoms with Crippen molar-refractivity contribution in [1.29, 1.82) is 0 Å². The number of carbonyl (C=O) groups is 1. The van der Waals surface area contributed by atoms with Crippen LogP contribution in [-0.2, 0) is 11.2 Å². The van der Waals surface area contributed by atoms with E-state index in [0.717, 1.165) is 18.4 Å². The Morgan fingerprint density at radius 3 is 2.67 bits per heavy atom. The molecule has 0 aliphatic carbocycles. The highest BCUT2D eigenvalue weighted by Crippen LogP contribution is 2.27. The number of nitrogens with two attached hydrogens (primary N) is 1. The van der Waals surface area contributed by atoms with Gasteiger partial charge in [0.1, 0.15) is 11.5 Å². The first-order valence-corrected chi connectivity index (χ1v) is 7.38. The summed E-state index contributed by atoms with van der Waals surface area (Å²) >= 11 is 0. The minimum atomic E-state index is -0.999. The van der Waals surface area contributed by atoms with Crippen LogP contribution in [0.2, 0.25) is 0 Å². The molecule has 0 bridgehead atoms. The fourth-order valence-electron chi connectivity index (χ4n) is 1.79. The molecule has 5 nitrogen and oxygen atoms in total. The van der Waals surface area contributed by atoms with Crippen molar-refractivity contribution in [2.75, 3.05) is 6.61 Å². The molecule has 0 amide bonds. The standard InChI is InChI=1S/C16H25NO4/c1-4-8-20-14-7-6-12(9-13(17)5-2)15(10-14)21-11(3)16(18)19/h6-7,10-11,13H,4-5,8-9,17H2,1-3H3,(H,18,19). The lowest BCUT2D eigenvalue weighted by atomic mass is 10.0. The van der Waals surface area contributed by atoms with Crippen molar-refractivity contribution in [3.8, 4) is 11.5 Å². The third-order valence-corrected chi connectivity index (χ3v) is 3.17. The summed E-state index contributed by atoms with van der Waals surface area (Å²) in [5.74, 6) is 0.210. The molecule has 1 aromatic rings. The molecule has 0 saturated carbocycles. The van der Waals surface area contributed by atoms with E-state index in [0.29, 0.717) is 24.5 Å². The molecule has 0 heterocycles. The minimum absolute atomic E-state index is 0.0231. The zero-order valence-electron chi connectivity index (χ0n) is 13.0. The second-order valence-electron chi connectivity index (χ2n) is 5.09. The number of ether oxygens (including phenoxy) is 2. The van der Waals surface area contributed by atoms with Crippen LogP contribution >= 0.6 is 0 Å². The van der Waals surface area contributed by atoms with Crippen LogP contribution in [0.4, 0.5) is 0 Å². The Balaban J connectivity index is 2.96. The summed E-state index contributed by atoms with van der Waals surface area (Å²) in [5.41, 5.74) is 6.88. The molecule has 21 heavy (non-hydrogen) atoms. The van der Waals surface area contributed by atoms with Gasteiger partial charge in [0, 0.05) is 12.1 Å². The molecule has 5 heteroatoms. The minimum Gasteiger partial charge on any atom is -0.493 e. The van der Waals surface area contributed by atoms with Gasteiger partial charge in [-0.25, -0.2) is 4.79 Å². The summed E-state index contributed by atoms with van der Waals surface area (Å²) in [4.78, 5) is 11.0. The van der Waals surface area contributed by atoms with E-state index in [1.807, 2.05) is 26.0 Å². The third kappa shape index (κ3) is 5.63. The summed E-state index contributed by atoms with van der Waals surface area (Å²) in [5, 5.41) is 8.99. The highest BCUT2D eigenvalue weighted by Gasteiger charge is 2.16. The summed E-state index contributed by atoms with van der Waals surface area (Å²) in [6.45, 7) is 6.16. The molecule has 1 rings (SSSR count). The van der Waals surface area contributed by atoms with Crippen molar-refractivity contribution in [3.63, 3.8) is 0 Å². The first kappa shape index (κ1) is 17.3. The molecule has 1 aromatic carbocycles. The van der Waals surface area contributed by atoms with Crippen LogP contribution in [0.25, 0.3) is 0 Å². The van der Waals surface area contributed by atoms with Crippen molar-refractivity contribution in [1.82, 2.24) is 0 Å². The van der Waals surface area contributed by atoms with Gasteiger partial charge in [-0.15, -0.1) is 0 Å². The first-order chi connectivity index (χ1) is 9.97. The van der Waals surface area contributed by atoms with Crippen LogP contribution in [0.3, 0.4) is 0 Å². The molecule has 0 aromatic heterocycles. The van der Waals surface area contributed by atoms with E-state index in [4.69, 9.17) is 20.3 Å². The van der Waals surface area contributed by atoms with Gasteiger partial charge in [0.2, 0.25) is 0 Å². The Hall–Kier alpha value is -1.75. The molecule has 0 saturated heterocycles. The Morgan fingerprint density at radius 2 is 2.10 bits per heavy atom. The van der Waals surface area contributed by atoms with E-state index in [1.165, 1.54) is 6.92 Å². The van der Waals surface area contributed by atoms with E-state index in [1.54, 1.807) is 6.07 Å². The lowest BCUT2D eigenvalue weighted by molar-refractivity contribution is -0.144. The SMILES string of the molecule is CCCOc1ccc(CC(N)CC)c(OC(C)C(=O)O)c1. The van der Waals surface area contributed by atoms with Crippen LogP contribution in [0.15, 0.2) is 18.2 Å². The van der Waals surface area contributed by atoms with E-state index >= 15 is 0 Å². The van der Waals surface area contributed by atoms with Gasteiger partial charge in [0.15, 0.2) is 6.10 Å². The van der Waals surface area contributed by atoms with Gasteiger partial charge in [0.25, 0.3) is 0 Å². The van der Waals surface area contributed by atoms with E-state index in [2.05, 4.69) is 0 Å². The van der Waals surface area contributed by atoms with Crippen molar-refractivity contribution < 1.29 is 19.4 Å². The van der Waals surface area contributed by atoms with Gasteiger partial charge in [-0.05, 0) is 37.8 Å². The normalized spacial score (nSPS) is 13.5. The highest BCUT2D eigenvalue weighted by molar-refractivity contribution is 5.72. The Labute approximate surface area is 126 Å². The molecule has 0 radical (unpaired) electrons. The summed E-state index contributed by atoms with van der Waals surface area (Å²) in [6, 6.07) is 5.53. The van der Waals surface area contributed by atoms with Gasteiger partial charge in [-0.1, -0.05) is 19.9 Å². The van der Waals surface area contributed by atoms with Crippen LogP contribution in [-0.4, -0.2) is 29.8 Å². The van der Waals surface area contributed by atoms with Crippen LogP contribution in [0, 0.1) is 0 Å². The number of carboxylic acids is 1. The van der Waals surface area contributed by atoms with Crippen molar-refractivity contribution >= 4 is 5.97 Å². The molecule has 0 spiro atoms. The summed E-state index contributed by atoms with van der Waals surface area (Å²) in [6.07, 6.45) is 1.49. The molecule has 0 aliphatic rings. The predicted octanol–water partition coefficient (Wildman–Crippen LogP) is 2.61. The van der Waals surface area contributed by atoms with Crippen LogP contribution in [0.1, 0.15) is 39.2 Å². The molecule has 0 fully saturated rings. The van der Waals surface area contributed by atoms with Gasteiger partial charge in [-0.3, -0.25) is 0 Å². The summed E-state index contributed by atoms with van der Waals surface area (Å²) < 4.78 is 11.1. The second-order valence-corrected chi connectivity index (χ2v) is 5.09. The molecule has 3 N–H and O–H groups in total. The summed E-state index contributed by atoms with van der Waals surface area (Å²) in [7, 11) is 0. The number of benzene rings is 1. The van der Waals surface area contributed by atoms with E-state index in [-0.39, 0.29) is 6.04 Å². The average molecular weight is 295 g/mol. The Kier molecular flexibility index (Phi) is 7.02. The van der Waals surface area contributed by atoms with E-state index in [9.17, 15) is 4.79 Å². The second kappa shape index (κ2) is 8.52. The van der Waals surface area contributed by atoms with Gasteiger partial charge in [-0.2, -0.15) is 0 Å². The zero-order chi connectivity index (χ0) is 15.8. The number of hydrogen-bond donors (Lipinski definition) is 2. The first-order valence-electron chi connectivity index (χ1n) is 7.38. The fourth-order valence-corrected chi connectivity index (χ4v) is 1.79. The highest BCUT2D eigenvalue weighted by atomic mass is 16.5. The maximum Gasteiger partial charge on any atom is 0.344 e. The topological polar surface area (TPSA) is 81.8 Å². The van der Waals surface area contributed by atoms with Gasteiger partial charge < -0.3 is 20.3 Å². The molecular weight excluding hydrogens is 270 g/mol. The average Bonchev–Trinajstić information content (AvgIpc) is 2.46. The number of carboxylic acid groups (broad SMARTS) is 1. The number of hydrogen-bond acceptors (Lipinski definition) is 4. The lowest BCUT2D eigenvalue weighted by Crippen LogP contribution is -2.25. The third-order valence-electron chi connectivity index (χ3n) is 3.17. The molecule has 2 atom stereocenters. The van der Waals surface area contributed by atoms with Crippen LogP contribution in [0.5, 0.6) is 11.5 Å². The van der Waals surface area contributed by atoms with Crippen molar-refractivity contribution in [2.24, 2.45) is 5.73 Å². The molecular formula is C16H25NO4. The zero-order valence-corrected chi connectivity index (χ0v) is 13.0. The van der Waals surface area contributed by atoms with Crippen LogP contribution < -0.4 is 15.2 Å². The molecule has 0 aliphatic heterocycles. The smallest absolute Gasteiger partial charge is 0.344 e. The number of rotatable bonds is 9. The Bertz CT molecular complexity index is 462. The van der Waals surface area contributed by atoms with Gasteiger partial charge >= 0.3 is 5.97 Å². The fraction of sp³-hybridized carbons (Fsp3) is 0.562. The van der Waals surface area contributed by atoms with E-state index < -0.39 is 12.1 Å². The largest absolute Gasteiger partial charge is 0.493 e. The monoisotopic (exact) mass is 295 g/mol. The Morgan fingerprint density at radius 1 is 1.38 bits per heavy atom. The quantitative estimate of drug-likeness (QED) is 0.732. The van der Waals surface area contributed by atoms with Crippen molar-refractivity contribution in [3.05, 3.63) is 23.8 Å². The maximum atomic E-state index is 11.0. The molecule has 2 unspecified atom stereocenters. The lowest BCUT2D eigenvalue weighted by Gasteiger charge is -2.18.